The standard InChI is InChI=1S/C11H8N2O5/c14-10(15)6-18-9-4-5-12-11-7(9)2-1-3-8(11)13(16)17/h1-5H,6H2,(H,14,15). The van der Waals surface area contributed by atoms with Gasteiger partial charge in [-0.25, -0.2) is 9.78 Å². The molecule has 0 spiro atoms. The number of nitro benzene ring substituents is 1. The Bertz CT molecular complexity index is 626. The van der Waals surface area contributed by atoms with Crippen molar-refractivity contribution in [2.45, 2.75) is 0 Å². The van der Waals surface area contributed by atoms with Crippen molar-refractivity contribution >= 4 is 22.6 Å². The van der Waals surface area contributed by atoms with Crippen molar-refractivity contribution in [2.75, 3.05) is 6.61 Å². The number of rotatable bonds is 4. The van der Waals surface area contributed by atoms with Gasteiger partial charge in [-0.2, -0.15) is 0 Å². The molecular formula is C11H8N2O5. The quantitative estimate of drug-likeness (QED) is 0.651. The zero-order chi connectivity index (χ0) is 13.1. The summed E-state index contributed by atoms with van der Waals surface area (Å²) >= 11 is 0. The van der Waals surface area contributed by atoms with E-state index in [1.54, 1.807) is 6.07 Å². The summed E-state index contributed by atoms with van der Waals surface area (Å²) in [4.78, 5) is 24.6. The SMILES string of the molecule is O=C(O)COc1ccnc2c([N+](=O)[O-])cccc12. The average Bonchev–Trinajstić information content (AvgIpc) is 2.35. The molecule has 0 saturated carbocycles. The predicted molar refractivity (Wildman–Crippen MR) is 61.5 cm³/mol. The minimum absolute atomic E-state index is 0.145. The second kappa shape index (κ2) is 4.66. The molecule has 7 heteroatoms. The number of carbonyl (C=O) groups is 1. The molecule has 2 rings (SSSR count). The summed E-state index contributed by atoms with van der Waals surface area (Å²) in [6, 6.07) is 5.88. The fraction of sp³-hybridized carbons (Fsp3) is 0.0909. The summed E-state index contributed by atoms with van der Waals surface area (Å²) in [5.74, 6) is -0.864. The molecule has 1 N–H and O–H groups in total. The minimum Gasteiger partial charge on any atom is -0.481 e. The van der Waals surface area contributed by atoms with Crippen LogP contribution >= 0.6 is 0 Å². The van der Waals surface area contributed by atoms with Crippen molar-refractivity contribution in [3.63, 3.8) is 0 Å². The zero-order valence-electron chi connectivity index (χ0n) is 9.07. The molecule has 0 bridgehead atoms. The van der Waals surface area contributed by atoms with Crippen LogP contribution in [0.4, 0.5) is 5.69 Å². The van der Waals surface area contributed by atoms with Gasteiger partial charge in [0.15, 0.2) is 12.1 Å². The molecule has 7 nitrogen and oxygen atoms in total. The largest absolute Gasteiger partial charge is 0.481 e. The fourth-order valence-corrected chi connectivity index (χ4v) is 1.55. The number of aromatic nitrogens is 1. The maximum Gasteiger partial charge on any atom is 0.341 e. The van der Waals surface area contributed by atoms with Crippen LogP contribution in [0.5, 0.6) is 5.75 Å². The summed E-state index contributed by atoms with van der Waals surface area (Å²) in [5.41, 5.74) is 0.0265. The topological polar surface area (TPSA) is 103 Å². The molecule has 0 amide bonds. The third kappa shape index (κ3) is 2.19. The third-order valence-corrected chi connectivity index (χ3v) is 2.26. The first-order chi connectivity index (χ1) is 8.59. The van der Waals surface area contributed by atoms with E-state index in [0.29, 0.717) is 5.39 Å². The molecule has 0 unspecified atom stereocenters. The lowest BCUT2D eigenvalue weighted by atomic mass is 10.2. The number of hydrogen-bond donors (Lipinski definition) is 1. The van der Waals surface area contributed by atoms with Crippen LogP contribution < -0.4 is 4.74 Å². The van der Waals surface area contributed by atoms with Gasteiger partial charge in [0.1, 0.15) is 5.75 Å². The summed E-state index contributed by atoms with van der Waals surface area (Å²) in [5, 5.41) is 19.8. The van der Waals surface area contributed by atoms with Gasteiger partial charge < -0.3 is 9.84 Å². The van der Waals surface area contributed by atoms with Gasteiger partial charge in [-0.15, -0.1) is 0 Å². The van der Waals surface area contributed by atoms with Crippen LogP contribution in [-0.4, -0.2) is 27.6 Å². The number of para-hydroxylation sites is 1. The number of nitro groups is 1. The van der Waals surface area contributed by atoms with Gasteiger partial charge in [0, 0.05) is 17.6 Å². The van der Waals surface area contributed by atoms with E-state index in [-0.39, 0.29) is 17.0 Å². The molecule has 1 aromatic carbocycles. The number of pyridine rings is 1. The number of aliphatic carboxylic acids is 1. The molecule has 18 heavy (non-hydrogen) atoms. The number of fused-ring (bicyclic) bond motifs is 1. The first-order valence-electron chi connectivity index (χ1n) is 4.96. The Morgan fingerprint density at radius 1 is 1.44 bits per heavy atom. The first-order valence-corrected chi connectivity index (χ1v) is 4.96. The lowest BCUT2D eigenvalue weighted by Crippen LogP contribution is -2.09. The van der Waals surface area contributed by atoms with E-state index in [1.165, 1.54) is 24.4 Å². The zero-order valence-corrected chi connectivity index (χ0v) is 9.07. The highest BCUT2D eigenvalue weighted by Gasteiger charge is 2.15. The number of carboxylic acid groups (broad SMARTS) is 1. The summed E-state index contributed by atoms with van der Waals surface area (Å²) in [6.45, 7) is -0.512. The van der Waals surface area contributed by atoms with E-state index in [2.05, 4.69) is 4.98 Å². The molecule has 0 aliphatic heterocycles. The molecule has 0 aliphatic carbocycles. The Kier molecular flexibility index (Phi) is 3.05. The van der Waals surface area contributed by atoms with Crippen LogP contribution in [0.2, 0.25) is 0 Å². The minimum atomic E-state index is -1.12. The molecule has 92 valence electrons. The normalized spacial score (nSPS) is 10.2. The van der Waals surface area contributed by atoms with Gasteiger partial charge >= 0.3 is 5.97 Å². The van der Waals surface area contributed by atoms with Crippen LogP contribution in [-0.2, 0) is 4.79 Å². The second-order valence-corrected chi connectivity index (χ2v) is 3.42. The first kappa shape index (κ1) is 11.8. The lowest BCUT2D eigenvalue weighted by molar-refractivity contribution is -0.383. The van der Waals surface area contributed by atoms with Gasteiger partial charge in [0.25, 0.3) is 5.69 Å². The lowest BCUT2D eigenvalue weighted by Gasteiger charge is -2.06. The van der Waals surface area contributed by atoms with Gasteiger partial charge in [0.2, 0.25) is 0 Å². The summed E-state index contributed by atoms with van der Waals surface area (Å²) in [6.07, 6.45) is 1.34. The van der Waals surface area contributed by atoms with Gasteiger partial charge in [-0.3, -0.25) is 10.1 Å². The fourth-order valence-electron chi connectivity index (χ4n) is 1.55. The van der Waals surface area contributed by atoms with Gasteiger partial charge in [0.05, 0.1) is 4.92 Å². The third-order valence-electron chi connectivity index (χ3n) is 2.26. The van der Waals surface area contributed by atoms with E-state index < -0.39 is 17.5 Å². The highest BCUT2D eigenvalue weighted by Crippen LogP contribution is 2.29. The van der Waals surface area contributed by atoms with E-state index in [4.69, 9.17) is 9.84 Å². The maximum absolute atomic E-state index is 10.8. The van der Waals surface area contributed by atoms with Gasteiger partial charge in [-0.05, 0) is 12.1 Å². The van der Waals surface area contributed by atoms with Crippen molar-refractivity contribution in [1.82, 2.24) is 4.98 Å². The Morgan fingerprint density at radius 3 is 2.89 bits per heavy atom. The predicted octanol–water partition coefficient (Wildman–Crippen LogP) is 1.61. The van der Waals surface area contributed by atoms with E-state index in [0.717, 1.165) is 0 Å². The number of carboxylic acids is 1. The van der Waals surface area contributed by atoms with E-state index in [9.17, 15) is 14.9 Å². The van der Waals surface area contributed by atoms with Crippen molar-refractivity contribution in [3.8, 4) is 5.75 Å². The molecule has 0 fully saturated rings. The smallest absolute Gasteiger partial charge is 0.341 e. The number of benzene rings is 1. The van der Waals surface area contributed by atoms with E-state index in [1.807, 2.05) is 0 Å². The molecule has 1 heterocycles. The Balaban J connectivity index is 2.53. The van der Waals surface area contributed by atoms with Crippen LogP contribution in [0.3, 0.4) is 0 Å². The maximum atomic E-state index is 10.8. The van der Waals surface area contributed by atoms with Crippen molar-refractivity contribution in [1.29, 1.82) is 0 Å². The molecule has 1 aromatic heterocycles. The van der Waals surface area contributed by atoms with Crippen LogP contribution in [0.15, 0.2) is 30.5 Å². The Morgan fingerprint density at radius 2 is 2.22 bits per heavy atom. The number of nitrogens with zero attached hydrogens (tertiary/aromatic N) is 2. The van der Waals surface area contributed by atoms with Crippen molar-refractivity contribution < 1.29 is 19.6 Å². The number of hydrogen-bond acceptors (Lipinski definition) is 5. The second-order valence-electron chi connectivity index (χ2n) is 3.42. The molecular weight excluding hydrogens is 240 g/mol. The van der Waals surface area contributed by atoms with Crippen LogP contribution in [0.25, 0.3) is 10.9 Å². The summed E-state index contributed by atoms with van der Waals surface area (Å²) in [7, 11) is 0. The highest BCUT2D eigenvalue weighted by molar-refractivity contribution is 5.91. The molecule has 0 aliphatic rings. The Hall–Kier alpha value is -2.70. The molecule has 0 saturated heterocycles. The van der Waals surface area contributed by atoms with Crippen LogP contribution in [0.1, 0.15) is 0 Å². The van der Waals surface area contributed by atoms with Gasteiger partial charge in [-0.1, -0.05) is 6.07 Å². The number of ether oxygens (including phenoxy) is 1. The molecule has 0 radical (unpaired) electrons. The molecule has 2 aromatic rings. The Labute approximate surface area is 101 Å². The van der Waals surface area contributed by atoms with Crippen LogP contribution in [0, 0.1) is 10.1 Å². The highest BCUT2D eigenvalue weighted by atomic mass is 16.6. The van der Waals surface area contributed by atoms with E-state index >= 15 is 0 Å². The van der Waals surface area contributed by atoms with Crippen molar-refractivity contribution in [3.05, 3.63) is 40.6 Å². The number of non-ortho nitro benzene ring substituents is 1. The molecule has 0 atom stereocenters. The van der Waals surface area contributed by atoms with Crippen molar-refractivity contribution in [2.24, 2.45) is 0 Å². The average molecular weight is 248 g/mol. The summed E-state index contributed by atoms with van der Waals surface area (Å²) < 4.78 is 5.05. The monoisotopic (exact) mass is 248 g/mol.